The Balaban J connectivity index is 1.26. The molecule has 0 aliphatic carbocycles. The predicted octanol–water partition coefficient (Wildman–Crippen LogP) is 8.70. The summed E-state index contributed by atoms with van der Waals surface area (Å²) in [5.41, 5.74) is 6.02. The fourth-order valence-corrected chi connectivity index (χ4v) is 6.06. The van der Waals surface area contributed by atoms with E-state index >= 15 is 0 Å². The zero-order valence-electron chi connectivity index (χ0n) is 22.4. The van der Waals surface area contributed by atoms with Gasteiger partial charge in [0, 0.05) is 34.7 Å². The number of aromatic nitrogens is 3. The highest BCUT2D eigenvalue weighted by Crippen LogP contribution is 2.46. The van der Waals surface area contributed by atoms with Crippen LogP contribution >= 0.6 is 11.6 Å². The van der Waals surface area contributed by atoms with Crippen LogP contribution in [0.2, 0.25) is 0 Å². The molecule has 2 unspecified atom stereocenters. The Kier molecular flexibility index (Phi) is 5.90. The van der Waals surface area contributed by atoms with Gasteiger partial charge in [0.1, 0.15) is 11.9 Å². The smallest absolute Gasteiger partial charge is 0.164 e. The van der Waals surface area contributed by atoms with E-state index in [1.807, 2.05) is 54.7 Å². The molecule has 200 valence electrons. The third-order valence-electron chi connectivity index (χ3n) is 7.85. The topological polar surface area (TPSA) is 60.3 Å². The molecule has 2 aliphatic rings. The first-order valence-electron chi connectivity index (χ1n) is 13.8. The van der Waals surface area contributed by atoms with Crippen LogP contribution in [-0.4, -0.2) is 27.3 Å². The average molecular weight is 563 g/mol. The van der Waals surface area contributed by atoms with Crippen LogP contribution in [0.15, 0.2) is 131 Å². The number of benzene rings is 5. The first-order valence-corrected chi connectivity index (χ1v) is 14.2. The summed E-state index contributed by atoms with van der Waals surface area (Å²) in [5.74, 6) is 2.44. The molecule has 0 spiro atoms. The van der Waals surface area contributed by atoms with Crippen LogP contribution < -0.4 is 4.74 Å². The second-order valence-corrected chi connectivity index (χ2v) is 10.8. The lowest BCUT2D eigenvalue weighted by Crippen LogP contribution is -2.22. The molecule has 0 fully saturated rings. The van der Waals surface area contributed by atoms with Gasteiger partial charge in [0.05, 0.1) is 11.0 Å². The van der Waals surface area contributed by atoms with Crippen LogP contribution in [0.25, 0.3) is 56.1 Å². The number of nitrogens with zero attached hydrogens (tertiary/aromatic N) is 4. The quantitative estimate of drug-likeness (QED) is 0.215. The number of hydrogen-bond acceptors (Lipinski definition) is 5. The van der Waals surface area contributed by atoms with Crippen molar-refractivity contribution in [3.63, 3.8) is 0 Å². The fraction of sp³-hybridized carbons (Fsp3) is 0.0556. The van der Waals surface area contributed by atoms with Crippen molar-refractivity contribution >= 4 is 28.6 Å². The molecule has 1 aromatic heterocycles. The second-order valence-electron chi connectivity index (χ2n) is 10.4. The maximum atomic E-state index is 6.49. The van der Waals surface area contributed by atoms with Gasteiger partial charge < -0.3 is 4.74 Å². The molecule has 0 radical (unpaired) electrons. The third-order valence-corrected chi connectivity index (χ3v) is 8.16. The Morgan fingerprint density at radius 1 is 0.571 bits per heavy atom. The molecule has 3 heterocycles. The minimum atomic E-state index is -0.295. The minimum Gasteiger partial charge on any atom is -0.483 e. The zero-order valence-corrected chi connectivity index (χ0v) is 23.1. The Labute approximate surface area is 247 Å². The van der Waals surface area contributed by atoms with Crippen molar-refractivity contribution in [1.82, 2.24) is 15.0 Å². The van der Waals surface area contributed by atoms with Crippen molar-refractivity contribution < 1.29 is 4.74 Å². The molecule has 2 atom stereocenters. The summed E-state index contributed by atoms with van der Waals surface area (Å²) in [7, 11) is 0. The van der Waals surface area contributed by atoms with E-state index in [4.69, 9.17) is 31.3 Å². The summed E-state index contributed by atoms with van der Waals surface area (Å²) in [6.07, 6.45) is 3.24. The summed E-state index contributed by atoms with van der Waals surface area (Å²) >= 11 is 6.49. The molecule has 6 heteroatoms. The van der Waals surface area contributed by atoms with Crippen LogP contribution in [0.1, 0.15) is 11.5 Å². The lowest BCUT2D eigenvalue weighted by Gasteiger charge is -2.18. The Hall–Kier alpha value is -5.13. The van der Waals surface area contributed by atoms with Crippen molar-refractivity contribution in [2.45, 2.75) is 12.0 Å². The molecule has 5 nitrogen and oxygen atoms in total. The van der Waals surface area contributed by atoms with E-state index in [2.05, 4.69) is 71.7 Å². The highest BCUT2D eigenvalue weighted by molar-refractivity contribution is 6.30. The number of hydrogen-bond donors (Lipinski definition) is 0. The molecule has 6 aromatic rings. The molecular weight excluding hydrogens is 540 g/mol. The summed E-state index contributed by atoms with van der Waals surface area (Å²) < 4.78 is 6.24. The third kappa shape index (κ3) is 4.18. The van der Waals surface area contributed by atoms with E-state index in [0.717, 1.165) is 33.6 Å². The van der Waals surface area contributed by atoms with Gasteiger partial charge in [-0.05, 0) is 28.0 Å². The van der Waals surface area contributed by atoms with E-state index in [-0.39, 0.29) is 12.0 Å². The maximum Gasteiger partial charge on any atom is 0.164 e. The lowest BCUT2D eigenvalue weighted by molar-refractivity contribution is 0.270. The van der Waals surface area contributed by atoms with Gasteiger partial charge in [0.15, 0.2) is 17.5 Å². The minimum absolute atomic E-state index is 0.117. The number of halogens is 1. The summed E-state index contributed by atoms with van der Waals surface area (Å²) in [6.45, 7) is 0. The van der Waals surface area contributed by atoms with Gasteiger partial charge in [-0.15, -0.1) is 0 Å². The van der Waals surface area contributed by atoms with Crippen molar-refractivity contribution in [3.8, 4) is 51.0 Å². The van der Waals surface area contributed by atoms with Gasteiger partial charge >= 0.3 is 0 Å². The van der Waals surface area contributed by atoms with E-state index < -0.39 is 0 Å². The van der Waals surface area contributed by atoms with E-state index in [1.54, 1.807) is 6.20 Å². The first-order chi connectivity index (χ1) is 20.7. The van der Waals surface area contributed by atoms with Crippen LogP contribution in [0.4, 0.5) is 0 Å². The van der Waals surface area contributed by atoms with Crippen molar-refractivity contribution in [2.75, 3.05) is 0 Å². The van der Waals surface area contributed by atoms with Gasteiger partial charge in [-0.1, -0.05) is 121 Å². The maximum absolute atomic E-state index is 6.49. The highest BCUT2D eigenvalue weighted by atomic mass is 35.5. The van der Waals surface area contributed by atoms with E-state index in [1.165, 1.54) is 16.3 Å². The molecule has 42 heavy (non-hydrogen) atoms. The van der Waals surface area contributed by atoms with Crippen molar-refractivity contribution in [1.29, 1.82) is 0 Å². The molecular formula is C36H23ClN4O. The van der Waals surface area contributed by atoms with Gasteiger partial charge in [0.25, 0.3) is 0 Å². The molecule has 0 saturated heterocycles. The predicted molar refractivity (Wildman–Crippen MR) is 169 cm³/mol. The fourth-order valence-electron chi connectivity index (χ4n) is 5.83. The zero-order chi connectivity index (χ0) is 28.0. The number of fused-ring (bicyclic) bond motifs is 4. The van der Waals surface area contributed by atoms with E-state index in [9.17, 15) is 0 Å². The average Bonchev–Trinajstić information content (AvgIpc) is 3.45. The molecule has 0 N–H and O–H groups in total. The SMILES string of the molecule is ClC1=CN=CC2c3c(cccc3-c3nc(-c4ccccc4)nc(-c4ccc(-c5cccc6ccccc56)cc4)n3)OC12. The molecule has 0 saturated carbocycles. The molecule has 0 bridgehead atoms. The monoisotopic (exact) mass is 562 g/mol. The number of ether oxygens (including phenoxy) is 1. The molecule has 8 rings (SSSR count). The van der Waals surface area contributed by atoms with Gasteiger partial charge in [-0.2, -0.15) is 0 Å². The Morgan fingerprint density at radius 3 is 2.05 bits per heavy atom. The van der Waals surface area contributed by atoms with Crippen LogP contribution in [-0.2, 0) is 0 Å². The summed E-state index contributed by atoms with van der Waals surface area (Å²) in [4.78, 5) is 19.3. The normalized spacial score (nSPS) is 16.9. The van der Waals surface area contributed by atoms with E-state index in [0.29, 0.717) is 22.5 Å². The highest BCUT2D eigenvalue weighted by Gasteiger charge is 2.39. The van der Waals surface area contributed by atoms with Crippen LogP contribution in [0, 0.1) is 0 Å². The molecule has 0 amide bonds. The standard InChI is InChI=1S/C36H23ClN4O/c37-30-21-38-20-29-32-28(14-7-15-31(32)42-33(29)30)36-40-34(24-9-2-1-3-10-24)39-35(41-36)25-18-16-23(17-19-25)27-13-6-11-22-8-4-5-12-26(22)27/h1-21,29,33H. The summed E-state index contributed by atoms with van der Waals surface area (Å²) in [5, 5.41) is 3.02. The van der Waals surface area contributed by atoms with Crippen LogP contribution in [0.3, 0.4) is 0 Å². The lowest BCUT2D eigenvalue weighted by atomic mass is 9.91. The van der Waals surface area contributed by atoms with Crippen molar-refractivity contribution in [3.05, 3.63) is 132 Å². The second kappa shape index (κ2) is 10.1. The van der Waals surface area contributed by atoms with Gasteiger partial charge in [0.2, 0.25) is 0 Å². The Bertz CT molecular complexity index is 2030. The van der Waals surface area contributed by atoms with Crippen molar-refractivity contribution in [2.24, 2.45) is 4.99 Å². The summed E-state index contributed by atoms with van der Waals surface area (Å²) in [6, 6.07) is 39.2. The number of aliphatic imine (C=N–C) groups is 1. The molecule has 2 aliphatic heterocycles. The van der Waals surface area contributed by atoms with Gasteiger partial charge in [-0.3, -0.25) is 4.99 Å². The Morgan fingerprint density at radius 2 is 1.21 bits per heavy atom. The van der Waals surface area contributed by atoms with Crippen LogP contribution in [0.5, 0.6) is 5.75 Å². The number of rotatable bonds is 4. The molecule has 5 aromatic carbocycles. The van der Waals surface area contributed by atoms with Gasteiger partial charge in [-0.25, -0.2) is 15.0 Å². The largest absolute Gasteiger partial charge is 0.483 e. The first kappa shape index (κ1) is 24.6.